The zero-order valence-electron chi connectivity index (χ0n) is 21.6. The standard InChI is InChI=1S/C31H31FN4O2/c1-21(37)22-5-7-23(8-6-22)26-11-14-29-33-30(24-9-12-27(32)13-10-24)28(36(29)19-26)20-34-15-17-35(18-16-34)31(38)25-3-2-4-25/h5-14,19,25H,2-4,15-18,20H2,1H3. The molecule has 1 amide bonds. The van der Waals surface area contributed by atoms with Crippen LogP contribution in [-0.4, -0.2) is 57.1 Å². The van der Waals surface area contributed by atoms with Crippen LogP contribution in [0.15, 0.2) is 66.9 Å². The predicted octanol–water partition coefficient (Wildman–Crippen LogP) is 5.45. The molecular weight excluding hydrogens is 479 g/mol. The Morgan fingerprint density at radius 1 is 0.868 bits per heavy atom. The quantitative estimate of drug-likeness (QED) is 0.324. The predicted molar refractivity (Wildman–Crippen MR) is 145 cm³/mol. The molecule has 0 radical (unpaired) electrons. The highest BCUT2D eigenvalue weighted by molar-refractivity contribution is 5.94. The second kappa shape index (κ2) is 10.1. The summed E-state index contributed by atoms with van der Waals surface area (Å²) >= 11 is 0. The van der Waals surface area contributed by atoms with E-state index < -0.39 is 0 Å². The van der Waals surface area contributed by atoms with Crippen LogP contribution >= 0.6 is 0 Å². The van der Waals surface area contributed by atoms with Crippen molar-refractivity contribution >= 4 is 17.3 Å². The largest absolute Gasteiger partial charge is 0.340 e. The lowest BCUT2D eigenvalue weighted by Crippen LogP contribution is -2.50. The van der Waals surface area contributed by atoms with Crippen LogP contribution in [0.2, 0.25) is 0 Å². The summed E-state index contributed by atoms with van der Waals surface area (Å²) in [5, 5.41) is 0. The summed E-state index contributed by atoms with van der Waals surface area (Å²) < 4.78 is 15.8. The minimum Gasteiger partial charge on any atom is -0.340 e. The Labute approximate surface area is 221 Å². The van der Waals surface area contributed by atoms with Crippen molar-refractivity contribution in [3.05, 3.63) is 83.9 Å². The summed E-state index contributed by atoms with van der Waals surface area (Å²) in [5.74, 6) is 0.316. The number of hydrogen-bond acceptors (Lipinski definition) is 4. The average Bonchev–Trinajstić information content (AvgIpc) is 3.26. The number of hydrogen-bond donors (Lipinski definition) is 0. The molecule has 0 N–H and O–H groups in total. The first kappa shape index (κ1) is 24.5. The molecule has 2 aromatic carbocycles. The minimum atomic E-state index is -0.275. The van der Waals surface area contributed by atoms with E-state index in [-0.39, 0.29) is 17.5 Å². The molecule has 2 aromatic heterocycles. The van der Waals surface area contributed by atoms with E-state index in [1.165, 1.54) is 18.6 Å². The van der Waals surface area contributed by atoms with Crippen LogP contribution in [0.3, 0.4) is 0 Å². The van der Waals surface area contributed by atoms with Gasteiger partial charge in [0.15, 0.2) is 5.78 Å². The topological polar surface area (TPSA) is 57.9 Å². The number of carbonyl (C=O) groups is 2. The molecule has 194 valence electrons. The van der Waals surface area contributed by atoms with E-state index in [0.717, 1.165) is 72.7 Å². The van der Waals surface area contributed by atoms with Crippen molar-refractivity contribution in [1.82, 2.24) is 19.2 Å². The van der Waals surface area contributed by atoms with Gasteiger partial charge < -0.3 is 9.30 Å². The monoisotopic (exact) mass is 510 g/mol. The van der Waals surface area contributed by atoms with Gasteiger partial charge in [0.25, 0.3) is 0 Å². The number of pyridine rings is 1. The Morgan fingerprint density at radius 3 is 2.16 bits per heavy atom. The van der Waals surface area contributed by atoms with Crippen molar-refractivity contribution in [1.29, 1.82) is 0 Å². The van der Waals surface area contributed by atoms with Crippen molar-refractivity contribution in [2.45, 2.75) is 32.7 Å². The van der Waals surface area contributed by atoms with Gasteiger partial charge in [-0.1, -0.05) is 30.7 Å². The summed E-state index contributed by atoms with van der Waals surface area (Å²) in [6.07, 6.45) is 5.31. The molecule has 38 heavy (non-hydrogen) atoms. The number of carbonyl (C=O) groups excluding carboxylic acids is 2. The summed E-state index contributed by atoms with van der Waals surface area (Å²) in [4.78, 5) is 33.8. The lowest BCUT2D eigenvalue weighted by molar-refractivity contribution is -0.140. The molecule has 4 aromatic rings. The molecule has 2 fully saturated rings. The smallest absolute Gasteiger partial charge is 0.225 e. The van der Waals surface area contributed by atoms with E-state index in [9.17, 15) is 14.0 Å². The zero-order chi connectivity index (χ0) is 26.2. The Morgan fingerprint density at radius 2 is 1.53 bits per heavy atom. The van der Waals surface area contributed by atoms with E-state index in [2.05, 4.69) is 15.5 Å². The molecule has 7 heteroatoms. The van der Waals surface area contributed by atoms with E-state index in [1.54, 1.807) is 19.1 Å². The maximum Gasteiger partial charge on any atom is 0.225 e. The van der Waals surface area contributed by atoms with E-state index >= 15 is 0 Å². The number of Topliss-reactive ketones (excluding diaryl/α,β-unsaturated/α-hetero) is 1. The number of amides is 1. The molecule has 0 spiro atoms. The molecule has 6 nitrogen and oxygen atoms in total. The normalized spacial score (nSPS) is 16.5. The molecule has 1 aliphatic heterocycles. The van der Waals surface area contributed by atoms with Crippen LogP contribution in [0, 0.1) is 11.7 Å². The first-order chi connectivity index (χ1) is 18.5. The lowest BCUT2D eigenvalue weighted by Gasteiger charge is -2.38. The molecular formula is C31H31FN4O2. The Kier molecular flexibility index (Phi) is 6.54. The second-order valence-electron chi connectivity index (χ2n) is 10.4. The number of aromatic nitrogens is 2. The van der Waals surface area contributed by atoms with Gasteiger partial charge in [0.1, 0.15) is 11.5 Å². The summed E-state index contributed by atoms with van der Waals surface area (Å²) in [6.45, 7) is 5.34. The maximum atomic E-state index is 13.7. The number of fused-ring (bicyclic) bond motifs is 1. The van der Waals surface area contributed by atoms with Crippen molar-refractivity contribution in [3.8, 4) is 22.4 Å². The molecule has 1 saturated heterocycles. The van der Waals surface area contributed by atoms with Crippen molar-refractivity contribution in [2.75, 3.05) is 26.2 Å². The minimum absolute atomic E-state index is 0.0438. The van der Waals surface area contributed by atoms with Crippen LogP contribution in [0.4, 0.5) is 4.39 Å². The van der Waals surface area contributed by atoms with Crippen LogP contribution in [0.25, 0.3) is 28.0 Å². The first-order valence-corrected chi connectivity index (χ1v) is 13.4. The lowest BCUT2D eigenvalue weighted by atomic mass is 9.84. The van der Waals surface area contributed by atoms with Gasteiger partial charge in [0, 0.05) is 56.0 Å². The van der Waals surface area contributed by atoms with Gasteiger partial charge in [-0.05, 0) is 67.3 Å². The highest BCUT2D eigenvalue weighted by Gasteiger charge is 2.31. The summed E-state index contributed by atoms with van der Waals surface area (Å²) in [5.41, 5.74) is 6.29. The van der Waals surface area contributed by atoms with Gasteiger partial charge in [-0.3, -0.25) is 14.5 Å². The van der Waals surface area contributed by atoms with Crippen molar-refractivity contribution in [3.63, 3.8) is 0 Å². The second-order valence-corrected chi connectivity index (χ2v) is 10.4. The number of nitrogens with zero attached hydrogens (tertiary/aromatic N) is 4. The first-order valence-electron chi connectivity index (χ1n) is 13.4. The molecule has 6 rings (SSSR count). The SMILES string of the molecule is CC(=O)c1ccc(-c2ccc3nc(-c4ccc(F)cc4)c(CN4CCN(C(=O)C5CCC5)CC4)n3c2)cc1. The average molecular weight is 511 g/mol. The van der Waals surface area contributed by atoms with Crippen LogP contribution < -0.4 is 0 Å². The number of piperazine rings is 1. The van der Waals surface area contributed by atoms with Gasteiger partial charge in [-0.15, -0.1) is 0 Å². The fraction of sp³-hybridized carbons (Fsp3) is 0.323. The Hall–Kier alpha value is -3.84. The highest BCUT2D eigenvalue weighted by Crippen LogP contribution is 2.31. The fourth-order valence-corrected chi connectivity index (χ4v) is 5.40. The third kappa shape index (κ3) is 4.74. The molecule has 1 saturated carbocycles. The maximum absolute atomic E-state index is 13.7. The zero-order valence-corrected chi connectivity index (χ0v) is 21.6. The van der Waals surface area contributed by atoms with Gasteiger partial charge >= 0.3 is 0 Å². The van der Waals surface area contributed by atoms with Gasteiger partial charge in [-0.25, -0.2) is 9.37 Å². The number of rotatable bonds is 6. The van der Waals surface area contributed by atoms with E-state index in [4.69, 9.17) is 4.98 Å². The molecule has 0 atom stereocenters. The third-order valence-corrected chi connectivity index (χ3v) is 7.97. The van der Waals surface area contributed by atoms with E-state index in [0.29, 0.717) is 18.0 Å². The molecule has 3 heterocycles. The van der Waals surface area contributed by atoms with Gasteiger partial charge in [0.05, 0.1) is 11.4 Å². The van der Waals surface area contributed by atoms with Crippen molar-refractivity contribution in [2.24, 2.45) is 5.92 Å². The number of benzene rings is 2. The number of halogens is 1. The summed E-state index contributed by atoms with van der Waals surface area (Å²) in [7, 11) is 0. The third-order valence-electron chi connectivity index (χ3n) is 7.97. The fourth-order valence-electron chi connectivity index (χ4n) is 5.40. The number of ketones is 1. The van der Waals surface area contributed by atoms with Crippen LogP contribution in [-0.2, 0) is 11.3 Å². The molecule has 2 aliphatic rings. The highest BCUT2D eigenvalue weighted by atomic mass is 19.1. The summed E-state index contributed by atoms with van der Waals surface area (Å²) in [6, 6.07) is 18.2. The molecule has 0 bridgehead atoms. The Balaban J connectivity index is 1.32. The van der Waals surface area contributed by atoms with Crippen LogP contribution in [0.5, 0.6) is 0 Å². The van der Waals surface area contributed by atoms with Crippen molar-refractivity contribution < 1.29 is 14.0 Å². The van der Waals surface area contributed by atoms with Gasteiger partial charge in [-0.2, -0.15) is 0 Å². The molecule has 0 unspecified atom stereocenters. The Bertz CT molecular complexity index is 1480. The van der Waals surface area contributed by atoms with Gasteiger partial charge in [0.2, 0.25) is 5.91 Å². The number of imidazole rings is 1. The van der Waals surface area contributed by atoms with Crippen LogP contribution in [0.1, 0.15) is 42.2 Å². The molecule has 1 aliphatic carbocycles. The van der Waals surface area contributed by atoms with E-state index in [1.807, 2.05) is 41.3 Å².